The van der Waals surface area contributed by atoms with E-state index in [9.17, 15) is 9.18 Å². The normalized spacial score (nSPS) is 14.2. The van der Waals surface area contributed by atoms with Gasteiger partial charge in [-0.3, -0.25) is 4.90 Å². The van der Waals surface area contributed by atoms with Gasteiger partial charge in [0.05, 0.1) is 5.56 Å². The maximum absolute atomic E-state index is 13.6. The molecule has 102 valence electrons. The Balaban J connectivity index is 1.74. The summed E-state index contributed by atoms with van der Waals surface area (Å²) in [6.45, 7) is 2.31. The molecule has 1 aliphatic rings. The maximum atomic E-state index is 13.6. The van der Waals surface area contributed by atoms with Crippen LogP contribution in [0.3, 0.4) is 0 Å². The highest BCUT2D eigenvalue weighted by Gasteiger charge is 2.19. The third-order valence-corrected chi connectivity index (χ3v) is 3.58. The summed E-state index contributed by atoms with van der Waals surface area (Å²) >= 11 is 0. The number of halogens is 1. The first-order chi connectivity index (χ1) is 9.63. The fourth-order valence-electron chi connectivity index (χ4n) is 2.60. The lowest BCUT2D eigenvalue weighted by atomic mass is 10.1. The highest BCUT2D eigenvalue weighted by atomic mass is 19.1. The van der Waals surface area contributed by atoms with E-state index in [0.717, 1.165) is 18.7 Å². The van der Waals surface area contributed by atoms with Gasteiger partial charge in [-0.2, -0.15) is 0 Å². The number of benzene rings is 2. The number of carboxylic acids is 1. The van der Waals surface area contributed by atoms with E-state index in [1.54, 1.807) is 6.07 Å². The minimum Gasteiger partial charge on any atom is -0.478 e. The van der Waals surface area contributed by atoms with E-state index in [0.29, 0.717) is 6.54 Å². The highest BCUT2D eigenvalue weighted by Crippen LogP contribution is 2.24. The number of hydrogen-bond acceptors (Lipinski definition) is 2. The van der Waals surface area contributed by atoms with Crippen LogP contribution in [0.15, 0.2) is 42.5 Å². The monoisotopic (exact) mass is 271 g/mol. The fraction of sp³-hybridized carbons (Fsp3) is 0.188. The van der Waals surface area contributed by atoms with Gasteiger partial charge in [0, 0.05) is 19.6 Å². The van der Waals surface area contributed by atoms with Crippen molar-refractivity contribution in [1.82, 2.24) is 4.90 Å². The lowest BCUT2D eigenvalue weighted by Gasteiger charge is -2.15. The van der Waals surface area contributed by atoms with Crippen LogP contribution in [0.25, 0.3) is 0 Å². The van der Waals surface area contributed by atoms with Gasteiger partial charge in [-0.25, -0.2) is 9.18 Å². The molecule has 0 unspecified atom stereocenters. The Morgan fingerprint density at radius 2 is 1.80 bits per heavy atom. The summed E-state index contributed by atoms with van der Waals surface area (Å²) in [5.74, 6) is -1.91. The van der Waals surface area contributed by atoms with Gasteiger partial charge >= 0.3 is 5.97 Å². The predicted octanol–water partition coefficient (Wildman–Crippen LogP) is 3.04. The molecule has 0 radical (unpaired) electrons. The average Bonchev–Trinajstić information content (AvgIpc) is 2.80. The maximum Gasteiger partial charge on any atom is 0.338 e. The van der Waals surface area contributed by atoms with Crippen LogP contribution in [0.1, 0.15) is 27.0 Å². The van der Waals surface area contributed by atoms with Crippen LogP contribution in [0, 0.1) is 5.82 Å². The molecule has 0 saturated carbocycles. The van der Waals surface area contributed by atoms with Crippen LogP contribution in [-0.2, 0) is 19.6 Å². The average molecular weight is 271 g/mol. The molecule has 0 spiro atoms. The topological polar surface area (TPSA) is 40.5 Å². The fourth-order valence-corrected chi connectivity index (χ4v) is 2.60. The molecule has 0 fully saturated rings. The molecule has 2 aromatic carbocycles. The molecule has 0 amide bonds. The zero-order valence-electron chi connectivity index (χ0n) is 10.8. The number of carbonyl (C=O) groups is 1. The SMILES string of the molecule is O=C(O)c1ccc(CN2Cc3ccccc3C2)cc1F. The number of aromatic carboxylic acids is 1. The van der Waals surface area contributed by atoms with Crippen molar-refractivity contribution in [3.63, 3.8) is 0 Å². The highest BCUT2D eigenvalue weighted by molar-refractivity contribution is 5.87. The molecule has 0 aromatic heterocycles. The van der Waals surface area contributed by atoms with Crippen molar-refractivity contribution < 1.29 is 14.3 Å². The molecular weight excluding hydrogens is 257 g/mol. The third kappa shape index (κ3) is 2.42. The Morgan fingerprint density at radius 3 is 2.35 bits per heavy atom. The van der Waals surface area contributed by atoms with Crippen LogP contribution < -0.4 is 0 Å². The molecule has 1 N–H and O–H groups in total. The third-order valence-electron chi connectivity index (χ3n) is 3.58. The van der Waals surface area contributed by atoms with Gasteiger partial charge in [-0.1, -0.05) is 30.3 Å². The van der Waals surface area contributed by atoms with Crippen molar-refractivity contribution in [2.24, 2.45) is 0 Å². The first-order valence-corrected chi connectivity index (χ1v) is 6.44. The molecular formula is C16H14FNO2. The van der Waals surface area contributed by atoms with E-state index >= 15 is 0 Å². The van der Waals surface area contributed by atoms with Crippen LogP contribution in [0.4, 0.5) is 4.39 Å². The molecule has 0 saturated heterocycles. The van der Waals surface area contributed by atoms with Gasteiger partial charge in [-0.05, 0) is 28.8 Å². The number of rotatable bonds is 3. The van der Waals surface area contributed by atoms with E-state index in [4.69, 9.17) is 5.11 Å². The van der Waals surface area contributed by atoms with Crippen LogP contribution >= 0.6 is 0 Å². The molecule has 4 heteroatoms. The summed E-state index contributed by atoms with van der Waals surface area (Å²) in [6.07, 6.45) is 0. The summed E-state index contributed by atoms with van der Waals surface area (Å²) in [7, 11) is 0. The Kier molecular flexibility index (Phi) is 3.24. The van der Waals surface area contributed by atoms with E-state index in [-0.39, 0.29) is 5.56 Å². The molecule has 0 bridgehead atoms. The van der Waals surface area contributed by atoms with Crippen LogP contribution in [0.2, 0.25) is 0 Å². The van der Waals surface area contributed by atoms with Gasteiger partial charge in [0.15, 0.2) is 0 Å². The lowest BCUT2D eigenvalue weighted by molar-refractivity contribution is 0.0692. The van der Waals surface area contributed by atoms with Crippen molar-refractivity contribution >= 4 is 5.97 Å². The van der Waals surface area contributed by atoms with E-state index in [1.807, 2.05) is 12.1 Å². The summed E-state index contributed by atoms with van der Waals surface area (Å²) in [6, 6.07) is 12.6. The summed E-state index contributed by atoms with van der Waals surface area (Å²) in [4.78, 5) is 13.0. The smallest absolute Gasteiger partial charge is 0.338 e. The van der Waals surface area contributed by atoms with E-state index in [2.05, 4.69) is 17.0 Å². The van der Waals surface area contributed by atoms with E-state index < -0.39 is 11.8 Å². The predicted molar refractivity (Wildman–Crippen MR) is 72.8 cm³/mol. The van der Waals surface area contributed by atoms with Crippen molar-refractivity contribution in [2.45, 2.75) is 19.6 Å². The summed E-state index contributed by atoms with van der Waals surface area (Å²) in [5.41, 5.74) is 3.11. The quantitative estimate of drug-likeness (QED) is 0.932. The zero-order chi connectivity index (χ0) is 14.1. The second kappa shape index (κ2) is 5.06. The van der Waals surface area contributed by atoms with Crippen LogP contribution in [0.5, 0.6) is 0 Å². The number of hydrogen-bond donors (Lipinski definition) is 1. The minimum atomic E-state index is -1.23. The largest absolute Gasteiger partial charge is 0.478 e. The zero-order valence-corrected chi connectivity index (χ0v) is 10.8. The first-order valence-electron chi connectivity index (χ1n) is 6.44. The van der Waals surface area contributed by atoms with Gasteiger partial charge in [0.2, 0.25) is 0 Å². The Bertz CT molecular complexity index is 644. The Morgan fingerprint density at radius 1 is 1.15 bits per heavy atom. The Hall–Kier alpha value is -2.20. The standard InChI is InChI=1S/C16H14FNO2/c17-15-7-11(5-6-14(15)16(19)20)8-18-9-12-3-1-2-4-13(12)10-18/h1-7H,8-10H2,(H,19,20). The van der Waals surface area contributed by atoms with Gasteiger partial charge < -0.3 is 5.11 Å². The van der Waals surface area contributed by atoms with Crippen molar-refractivity contribution in [3.8, 4) is 0 Å². The van der Waals surface area contributed by atoms with Gasteiger partial charge in [0.25, 0.3) is 0 Å². The first kappa shape index (κ1) is 12.8. The molecule has 2 aromatic rings. The van der Waals surface area contributed by atoms with Crippen LogP contribution in [-0.4, -0.2) is 16.0 Å². The Labute approximate surface area is 116 Å². The number of carboxylic acid groups (broad SMARTS) is 1. The van der Waals surface area contributed by atoms with Crippen molar-refractivity contribution in [2.75, 3.05) is 0 Å². The molecule has 20 heavy (non-hydrogen) atoms. The number of nitrogens with zero attached hydrogens (tertiary/aromatic N) is 1. The lowest BCUT2D eigenvalue weighted by Crippen LogP contribution is -2.16. The second-order valence-corrected chi connectivity index (χ2v) is 5.03. The van der Waals surface area contributed by atoms with Gasteiger partial charge in [-0.15, -0.1) is 0 Å². The molecule has 1 heterocycles. The molecule has 3 nitrogen and oxygen atoms in total. The van der Waals surface area contributed by atoms with Crippen molar-refractivity contribution in [3.05, 3.63) is 70.5 Å². The molecule has 3 rings (SSSR count). The number of fused-ring (bicyclic) bond motifs is 1. The van der Waals surface area contributed by atoms with Crippen molar-refractivity contribution in [1.29, 1.82) is 0 Å². The van der Waals surface area contributed by atoms with Gasteiger partial charge in [0.1, 0.15) is 5.82 Å². The molecule has 0 atom stereocenters. The molecule has 1 aliphatic heterocycles. The summed E-state index contributed by atoms with van der Waals surface area (Å²) < 4.78 is 13.6. The second-order valence-electron chi connectivity index (χ2n) is 5.03. The molecule has 0 aliphatic carbocycles. The van der Waals surface area contributed by atoms with E-state index in [1.165, 1.54) is 23.3 Å². The summed E-state index contributed by atoms with van der Waals surface area (Å²) in [5, 5.41) is 8.81. The minimum absolute atomic E-state index is 0.279.